The maximum absolute atomic E-state index is 12.7. The number of carbonyl (C=O) groups excluding carboxylic acids is 1. The maximum atomic E-state index is 12.7. The minimum atomic E-state index is -0.325. The summed E-state index contributed by atoms with van der Waals surface area (Å²) in [5.74, 6) is -0.109. The molecule has 4 aromatic rings. The monoisotopic (exact) mass is 421 g/mol. The van der Waals surface area contributed by atoms with Crippen LogP contribution in [0.1, 0.15) is 18.9 Å². The van der Waals surface area contributed by atoms with Crippen LogP contribution in [0.2, 0.25) is 0 Å². The molecule has 2 aromatic carbocycles. The summed E-state index contributed by atoms with van der Waals surface area (Å²) in [5.41, 5.74) is 3.74. The van der Waals surface area contributed by atoms with Gasteiger partial charge in [-0.05, 0) is 25.5 Å². The fourth-order valence-corrected chi connectivity index (χ4v) is 4.39. The number of anilines is 1. The van der Waals surface area contributed by atoms with Crippen molar-refractivity contribution >= 4 is 44.4 Å². The Morgan fingerprint density at radius 1 is 1.14 bits per heavy atom. The summed E-state index contributed by atoms with van der Waals surface area (Å²) < 4.78 is 1.04. The molecule has 0 bridgehead atoms. The highest BCUT2D eigenvalue weighted by Gasteiger charge is 2.21. The molecular formula is C21H19N5OS2. The van der Waals surface area contributed by atoms with Crippen LogP contribution in [0.15, 0.2) is 59.9 Å². The Balaban J connectivity index is 1.43. The second-order valence-electron chi connectivity index (χ2n) is 6.48. The van der Waals surface area contributed by atoms with Crippen molar-refractivity contribution in [1.82, 2.24) is 20.2 Å². The first kappa shape index (κ1) is 19.5. The van der Waals surface area contributed by atoms with E-state index in [9.17, 15) is 4.79 Å². The second kappa shape index (κ2) is 8.67. The van der Waals surface area contributed by atoms with Crippen molar-refractivity contribution in [1.29, 1.82) is 0 Å². The Labute approximate surface area is 176 Å². The lowest BCUT2D eigenvalue weighted by Gasteiger charge is -2.12. The molecule has 29 heavy (non-hydrogen) atoms. The summed E-state index contributed by atoms with van der Waals surface area (Å²) in [6.45, 7) is 4.00. The number of aromatic nitrogens is 4. The van der Waals surface area contributed by atoms with E-state index in [1.54, 1.807) is 6.20 Å². The molecule has 0 saturated heterocycles. The van der Waals surface area contributed by atoms with E-state index in [4.69, 9.17) is 0 Å². The van der Waals surface area contributed by atoms with Gasteiger partial charge in [-0.3, -0.25) is 4.79 Å². The van der Waals surface area contributed by atoms with Crippen molar-refractivity contribution in [3.63, 3.8) is 0 Å². The lowest BCUT2D eigenvalue weighted by molar-refractivity contribution is -0.115. The number of nitrogens with zero attached hydrogens (tertiary/aromatic N) is 4. The quantitative estimate of drug-likeness (QED) is 0.443. The fraction of sp³-hybridized carbons (Fsp3) is 0.190. The first-order valence-corrected chi connectivity index (χ1v) is 10.9. The summed E-state index contributed by atoms with van der Waals surface area (Å²) in [6, 6.07) is 15.9. The largest absolute Gasteiger partial charge is 0.301 e. The van der Waals surface area contributed by atoms with Crippen LogP contribution in [-0.2, 0) is 4.79 Å². The molecule has 1 unspecified atom stereocenters. The van der Waals surface area contributed by atoms with Gasteiger partial charge in [0.2, 0.25) is 11.1 Å². The van der Waals surface area contributed by atoms with Crippen LogP contribution in [0.4, 0.5) is 5.13 Å². The number of aryl methyl sites for hydroxylation is 1. The number of hydrogen-bond donors (Lipinski definition) is 1. The van der Waals surface area contributed by atoms with Crippen LogP contribution in [0.5, 0.6) is 0 Å². The second-order valence-corrected chi connectivity index (χ2v) is 8.68. The molecular weight excluding hydrogens is 402 g/mol. The SMILES string of the molecule is CCC(Sc1ncc(-c2ccc(C)cc2)nn1)C(=O)Nc1nc2ccccc2s1. The van der Waals surface area contributed by atoms with E-state index in [1.165, 1.54) is 28.7 Å². The molecule has 2 heterocycles. The Morgan fingerprint density at radius 3 is 2.62 bits per heavy atom. The highest BCUT2D eigenvalue weighted by atomic mass is 32.2. The van der Waals surface area contributed by atoms with E-state index in [-0.39, 0.29) is 11.2 Å². The van der Waals surface area contributed by atoms with Gasteiger partial charge in [-0.15, -0.1) is 10.2 Å². The maximum Gasteiger partial charge on any atom is 0.239 e. The van der Waals surface area contributed by atoms with Gasteiger partial charge in [0, 0.05) is 5.56 Å². The van der Waals surface area contributed by atoms with Crippen LogP contribution in [-0.4, -0.2) is 31.3 Å². The Kier molecular flexibility index (Phi) is 5.82. The van der Waals surface area contributed by atoms with Gasteiger partial charge in [-0.2, -0.15) is 0 Å². The van der Waals surface area contributed by atoms with Gasteiger partial charge in [-0.1, -0.05) is 72.0 Å². The van der Waals surface area contributed by atoms with Gasteiger partial charge in [-0.25, -0.2) is 9.97 Å². The van der Waals surface area contributed by atoms with Crippen LogP contribution < -0.4 is 5.32 Å². The van der Waals surface area contributed by atoms with Crippen LogP contribution in [0.25, 0.3) is 21.5 Å². The van der Waals surface area contributed by atoms with Gasteiger partial charge in [0.05, 0.1) is 21.7 Å². The molecule has 0 saturated carbocycles. The van der Waals surface area contributed by atoms with Gasteiger partial charge in [0.15, 0.2) is 5.13 Å². The smallest absolute Gasteiger partial charge is 0.239 e. The Hall–Kier alpha value is -2.84. The van der Waals surface area contributed by atoms with E-state index >= 15 is 0 Å². The van der Waals surface area contributed by atoms with Crippen molar-refractivity contribution in [2.24, 2.45) is 0 Å². The predicted octanol–water partition coefficient (Wildman–Crippen LogP) is 4.97. The first-order chi connectivity index (χ1) is 14.1. The topological polar surface area (TPSA) is 80.7 Å². The number of rotatable bonds is 6. The Bertz CT molecular complexity index is 1090. The van der Waals surface area contributed by atoms with Crippen LogP contribution >= 0.6 is 23.1 Å². The van der Waals surface area contributed by atoms with Crippen molar-refractivity contribution in [3.8, 4) is 11.3 Å². The molecule has 1 atom stereocenters. The minimum Gasteiger partial charge on any atom is -0.301 e. The minimum absolute atomic E-state index is 0.109. The Morgan fingerprint density at radius 2 is 1.93 bits per heavy atom. The highest BCUT2D eigenvalue weighted by molar-refractivity contribution is 8.00. The third-order valence-corrected chi connectivity index (χ3v) is 6.50. The number of nitrogens with one attached hydrogen (secondary N) is 1. The molecule has 1 amide bonds. The van der Waals surface area contributed by atoms with Crippen molar-refractivity contribution in [3.05, 3.63) is 60.3 Å². The summed E-state index contributed by atoms with van der Waals surface area (Å²) in [7, 11) is 0. The molecule has 0 aliphatic carbocycles. The molecule has 0 spiro atoms. The zero-order valence-electron chi connectivity index (χ0n) is 16.0. The van der Waals surface area contributed by atoms with Crippen LogP contribution in [0, 0.1) is 6.92 Å². The number of carbonyl (C=O) groups is 1. The summed E-state index contributed by atoms with van der Waals surface area (Å²) in [4.78, 5) is 21.6. The molecule has 0 aliphatic rings. The van der Waals surface area contributed by atoms with E-state index in [1.807, 2.05) is 62.4 Å². The van der Waals surface area contributed by atoms with Gasteiger partial charge >= 0.3 is 0 Å². The summed E-state index contributed by atoms with van der Waals surface area (Å²) in [5, 5.41) is 12.1. The molecule has 2 aromatic heterocycles. The number of thioether (sulfide) groups is 1. The fourth-order valence-electron chi connectivity index (χ4n) is 2.74. The third-order valence-electron chi connectivity index (χ3n) is 4.32. The van der Waals surface area contributed by atoms with Crippen molar-refractivity contribution in [2.45, 2.75) is 30.7 Å². The molecule has 0 radical (unpaired) electrons. The van der Waals surface area contributed by atoms with Gasteiger partial charge in [0.1, 0.15) is 5.69 Å². The average molecular weight is 422 g/mol. The predicted molar refractivity (Wildman–Crippen MR) is 118 cm³/mol. The molecule has 146 valence electrons. The number of thiazole rings is 1. The third kappa shape index (κ3) is 4.60. The van der Waals surface area contributed by atoms with Gasteiger partial charge < -0.3 is 5.32 Å². The lowest BCUT2D eigenvalue weighted by atomic mass is 10.1. The van der Waals surface area contributed by atoms with E-state index in [2.05, 4.69) is 25.5 Å². The number of fused-ring (bicyclic) bond motifs is 1. The normalized spacial score (nSPS) is 12.1. The molecule has 1 N–H and O–H groups in total. The van der Waals surface area contributed by atoms with E-state index < -0.39 is 0 Å². The molecule has 8 heteroatoms. The molecule has 4 rings (SSSR count). The standard InChI is InChI=1S/C21H19N5OS2/c1-3-17(19(27)24-21-23-15-6-4-5-7-18(15)29-21)28-20-22-12-16(25-26-20)14-10-8-13(2)9-11-14/h4-12,17H,3H2,1-2H3,(H,23,24,27). The number of para-hydroxylation sites is 1. The molecule has 0 fully saturated rings. The van der Waals surface area contributed by atoms with E-state index in [0.717, 1.165) is 15.8 Å². The summed E-state index contributed by atoms with van der Waals surface area (Å²) >= 11 is 2.77. The first-order valence-electron chi connectivity index (χ1n) is 9.22. The van der Waals surface area contributed by atoms with Crippen LogP contribution in [0.3, 0.4) is 0 Å². The lowest BCUT2D eigenvalue weighted by Crippen LogP contribution is -2.24. The average Bonchev–Trinajstić information content (AvgIpc) is 3.15. The zero-order valence-corrected chi connectivity index (χ0v) is 17.6. The van der Waals surface area contributed by atoms with Crippen molar-refractivity contribution in [2.75, 3.05) is 5.32 Å². The van der Waals surface area contributed by atoms with Gasteiger partial charge in [0.25, 0.3) is 0 Å². The molecule has 6 nitrogen and oxygen atoms in total. The summed E-state index contributed by atoms with van der Waals surface area (Å²) in [6.07, 6.45) is 2.34. The number of amides is 1. The number of hydrogen-bond acceptors (Lipinski definition) is 7. The zero-order chi connectivity index (χ0) is 20.2. The number of benzene rings is 2. The molecule has 0 aliphatic heterocycles. The van der Waals surface area contributed by atoms with Crippen molar-refractivity contribution < 1.29 is 4.79 Å². The van der Waals surface area contributed by atoms with E-state index in [0.29, 0.717) is 22.4 Å². The highest BCUT2D eigenvalue weighted by Crippen LogP contribution is 2.28.